The molecule has 4 heteroatoms. The summed E-state index contributed by atoms with van der Waals surface area (Å²) in [6, 6.07) is 0. The predicted molar refractivity (Wildman–Crippen MR) is 77.0 cm³/mol. The summed E-state index contributed by atoms with van der Waals surface area (Å²) in [5, 5.41) is 3.42. The van der Waals surface area contributed by atoms with Crippen LogP contribution < -0.4 is 5.32 Å². The molecule has 0 radical (unpaired) electrons. The molecule has 0 aliphatic carbocycles. The monoisotopic (exact) mass is 254 g/mol. The van der Waals surface area contributed by atoms with Crippen LogP contribution in [0.15, 0.2) is 0 Å². The van der Waals surface area contributed by atoms with Crippen molar-refractivity contribution < 1.29 is 0 Å². The average molecular weight is 254 g/mol. The van der Waals surface area contributed by atoms with Crippen molar-refractivity contribution in [3.05, 3.63) is 0 Å². The van der Waals surface area contributed by atoms with Gasteiger partial charge in [0.1, 0.15) is 0 Å². The molecule has 1 N–H and O–H groups in total. The molecule has 0 spiro atoms. The first-order valence-corrected chi connectivity index (χ1v) is 7.54. The number of piperidine rings is 1. The van der Waals surface area contributed by atoms with Gasteiger partial charge in [0.15, 0.2) is 0 Å². The predicted octanol–water partition coefficient (Wildman–Crippen LogP) is 0.165. The van der Waals surface area contributed by atoms with Gasteiger partial charge in [-0.15, -0.1) is 0 Å². The molecule has 2 heterocycles. The molecule has 0 amide bonds. The Kier molecular flexibility index (Phi) is 5.89. The van der Waals surface area contributed by atoms with Crippen molar-refractivity contribution in [3.63, 3.8) is 0 Å². The summed E-state index contributed by atoms with van der Waals surface area (Å²) in [7, 11) is 4.38. The molecule has 0 aromatic rings. The number of rotatable bonds is 5. The third-order valence-electron chi connectivity index (χ3n) is 4.27. The summed E-state index contributed by atoms with van der Waals surface area (Å²) in [4.78, 5) is 7.59. The van der Waals surface area contributed by atoms with Crippen molar-refractivity contribution >= 4 is 0 Å². The molecule has 0 bridgehead atoms. The van der Waals surface area contributed by atoms with Gasteiger partial charge in [-0.05, 0) is 45.9 Å². The molecule has 2 rings (SSSR count). The van der Waals surface area contributed by atoms with Crippen LogP contribution in [0, 0.1) is 5.92 Å². The van der Waals surface area contributed by atoms with E-state index in [1.807, 2.05) is 0 Å². The quantitative estimate of drug-likeness (QED) is 0.755. The zero-order valence-electron chi connectivity index (χ0n) is 12.2. The van der Waals surface area contributed by atoms with Crippen LogP contribution in [0.5, 0.6) is 0 Å². The summed E-state index contributed by atoms with van der Waals surface area (Å²) in [6.45, 7) is 11.2. The highest BCUT2D eigenvalue weighted by Gasteiger charge is 2.20. The Morgan fingerprint density at radius 1 is 0.944 bits per heavy atom. The maximum absolute atomic E-state index is 3.42. The first-order chi connectivity index (χ1) is 8.74. The van der Waals surface area contributed by atoms with Gasteiger partial charge >= 0.3 is 0 Å². The highest BCUT2D eigenvalue weighted by molar-refractivity contribution is 4.75. The molecule has 0 aromatic carbocycles. The fraction of sp³-hybridized carbons (Fsp3) is 1.00. The van der Waals surface area contributed by atoms with E-state index in [9.17, 15) is 0 Å². The number of likely N-dealkylation sites (tertiary alicyclic amines) is 1. The van der Waals surface area contributed by atoms with Gasteiger partial charge < -0.3 is 15.1 Å². The minimum Gasteiger partial charge on any atom is -0.314 e. The highest BCUT2D eigenvalue weighted by Crippen LogP contribution is 2.17. The molecule has 0 saturated carbocycles. The molecule has 2 fully saturated rings. The van der Waals surface area contributed by atoms with Crippen molar-refractivity contribution in [2.24, 2.45) is 5.92 Å². The van der Waals surface area contributed by atoms with E-state index in [2.05, 4.69) is 34.1 Å². The Morgan fingerprint density at radius 3 is 2.06 bits per heavy atom. The van der Waals surface area contributed by atoms with Gasteiger partial charge in [0.25, 0.3) is 0 Å². The summed E-state index contributed by atoms with van der Waals surface area (Å²) in [5.74, 6) is 0.926. The van der Waals surface area contributed by atoms with Crippen molar-refractivity contribution in [2.45, 2.75) is 12.8 Å². The van der Waals surface area contributed by atoms with Gasteiger partial charge in [-0.25, -0.2) is 0 Å². The summed E-state index contributed by atoms with van der Waals surface area (Å²) in [5.41, 5.74) is 0. The Labute approximate surface area is 112 Å². The second-order valence-electron chi connectivity index (χ2n) is 6.14. The molecule has 2 aliphatic rings. The van der Waals surface area contributed by atoms with Crippen LogP contribution in [-0.4, -0.2) is 87.7 Å². The van der Waals surface area contributed by atoms with Crippen molar-refractivity contribution in [1.82, 2.24) is 20.0 Å². The zero-order valence-corrected chi connectivity index (χ0v) is 12.2. The van der Waals surface area contributed by atoms with Gasteiger partial charge in [-0.2, -0.15) is 0 Å². The van der Waals surface area contributed by atoms with Gasteiger partial charge in [0.2, 0.25) is 0 Å². The van der Waals surface area contributed by atoms with Gasteiger partial charge in [0.05, 0.1) is 0 Å². The van der Waals surface area contributed by atoms with E-state index in [1.54, 1.807) is 0 Å². The molecule has 0 aromatic heterocycles. The molecular formula is C14H30N4. The molecule has 18 heavy (non-hydrogen) atoms. The van der Waals surface area contributed by atoms with Crippen molar-refractivity contribution in [3.8, 4) is 0 Å². The second kappa shape index (κ2) is 7.43. The molecule has 2 saturated heterocycles. The van der Waals surface area contributed by atoms with E-state index in [-0.39, 0.29) is 0 Å². The topological polar surface area (TPSA) is 21.8 Å². The molecule has 4 nitrogen and oxygen atoms in total. The minimum absolute atomic E-state index is 0.926. The van der Waals surface area contributed by atoms with Gasteiger partial charge in [0, 0.05) is 45.8 Å². The van der Waals surface area contributed by atoms with E-state index in [0.717, 1.165) is 5.92 Å². The SMILES string of the molecule is CN(C)CC1CCN(CCN2CCNCC2)CC1. The van der Waals surface area contributed by atoms with Gasteiger partial charge in [-0.1, -0.05) is 0 Å². The van der Waals surface area contributed by atoms with Crippen LogP contribution >= 0.6 is 0 Å². The maximum atomic E-state index is 3.42. The van der Waals surface area contributed by atoms with Crippen molar-refractivity contribution in [1.29, 1.82) is 0 Å². The second-order valence-corrected chi connectivity index (χ2v) is 6.14. The third-order valence-corrected chi connectivity index (χ3v) is 4.27. The van der Waals surface area contributed by atoms with Crippen LogP contribution in [-0.2, 0) is 0 Å². The van der Waals surface area contributed by atoms with Gasteiger partial charge in [-0.3, -0.25) is 4.90 Å². The van der Waals surface area contributed by atoms with E-state index in [0.29, 0.717) is 0 Å². The number of nitrogens with one attached hydrogen (secondary N) is 1. The lowest BCUT2D eigenvalue weighted by Gasteiger charge is -2.35. The molecule has 2 aliphatic heterocycles. The standard InChI is InChI=1S/C14H30N4/c1-16(2)13-14-3-7-17(8-4-14)11-12-18-9-5-15-6-10-18/h14-15H,3-13H2,1-2H3. The van der Waals surface area contributed by atoms with E-state index in [4.69, 9.17) is 0 Å². The van der Waals surface area contributed by atoms with E-state index in [1.165, 1.54) is 71.7 Å². The fourth-order valence-electron chi connectivity index (χ4n) is 3.13. The molecular weight excluding hydrogens is 224 g/mol. The van der Waals surface area contributed by atoms with E-state index >= 15 is 0 Å². The highest BCUT2D eigenvalue weighted by atomic mass is 15.2. The Bertz CT molecular complexity index is 218. The van der Waals surface area contributed by atoms with Crippen LogP contribution in [0.3, 0.4) is 0 Å². The normalized spacial score (nSPS) is 24.8. The van der Waals surface area contributed by atoms with Crippen LogP contribution in [0.1, 0.15) is 12.8 Å². The average Bonchev–Trinajstić information content (AvgIpc) is 2.38. The number of hydrogen-bond donors (Lipinski definition) is 1. The largest absolute Gasteiger partial charge is 0.314 e. The number of hydrogen-bond acceptors (Lipinski definition) is 4. The fourth-order valence-corrected chi connectivity index (χ4v) is 3.13. The smallest absolute Gasteiger partial charge is 0.0110 e. The Balaban J connectivity index is 1.58. The van der Waals surface area contributed by atoms with Crippen LogP contribution in [0.25, 0.3) is 0 Å². The third kappa shape index (κ3) is 4.84. The summed E-state index contributed by atoms with van der Waals surface area (Å²) in [6.07, 6.45) is 2.78. The van der Waals surface area contributed by atoms with Crippen LogP contribution in [0.2, 0.25) is 0 Å². The summed E-state index contributed by atoms with van der Waals surface area (Å²) >= 11 is 0. The lowest BCUT2D eigenvalue weighted by molar-refractivity contribution is 0.137. The first-order valence-electron chi connectivity index (χ1n) is 7.54. The Morgan fingerprint density at radius 2 is 1.50 bits per heavy atom. The minimum atomic E-state index is 0.926. The lowest BCUT2D eigenvalue weighted by atomic mass is 9.96. The summed E-state index contributed by atoms with van der Waals surface area (Å²) < 4.78 is 0. The van der Waals surface area contributed by atoms with E-state index < -0.39 is 0 Å². The lowest BCUT2D eigenvalue weighted by Crippen LogP contribution is -2.47. The van der Waals surface area contributed by atoms with Crippen LogP contribution in [0.4, 0.5) is 0 Å². The molecule has 0 atom stereocenters. The number of nitrogens with zero attached hydrogens (tertiary/aromatic N) is 3. The molecule has 106 valence electrons. The maximum Gasteiger partial charge on any atom is 0.0110 e. The first kappa shape index (κ1) is 14.3. The Hall–Kier alpha value is -0.160. The van der Waals surface area contributed by atoms with Crippen molar-refractivity contribution in [2.75, 3.05) is 73.0 Å². The zero-order chi connectivity index (χ0) is 12.8. The number of piperazine rings is 1. The molecule has 0 unspecified atom stereocenters.